The number of amides is 2. The second-order valence-corrected chi connectivity index (χ2v) is 8.30. The summed E-state index contributed by atoms with van der Waals surface area (Å²) in [5.74, 6) is -0.757. The van der Waals surface area contributed by atoms with Gasteiger partial charge in [0.15, 0.2) is 0 Å². The zero-order valence-electron chi connectivity index (χ0n) is 20.2. The van der Waals surface area contributed by atoms with Crippen LogP contribution < -0.4 is 21.3 Å². The molecule has 3 aromatic carbocycles. The second-order valence-electron chi connectivity index (χ2n) is 8.30. The van der Waals surface area contributed by atoms with Gasteiger partial charge in [0.2, 0.25) is 5.91 Å². The molecule has 0 unspecified atom stereocenters. The summed E-state index contributed by atoms with van der Waals surface area (Å²) in [6, 6.07) is 22.6. The Morgan fingerprint density at radius 3 is 2.36 bits per heavy atom. The molecule has 0 saturated carbocycles. The van der Waals surface area contributed by atoms with E-state index in [0.717, 1.165) is 16.8 Å². The number of benzene rings is 3. The number of fused-ring (bicyclic) bond motifs is 1. The lowest BCUT2D eigenvalue weighted by Gasteiger charge is -2.15. The van der Waals surface area contributed by atoms with Crippen LogP contribution in [0.4, 0.5) is 11.4 Å². The Morgan fingerprint density at radius 1 is 0.917 bits per heavy atom. The zero-order chi connectivity index (χ0) is 25.5. The van der Waals surface area contributed by atoms with E-state index < -0.39 is 5.97 Å². The molecule has 4 N–H and O–H groups in total. The topological polar surface area (TPSA) is 109 Å². The van der Waals surface area contributed by atoms with Crippen LogP contribution in [0.1, 0.15) is 34.0 Å². The molecule has 1 aliphatic rings. The van der Waals surface area contributed by atoms with Crippen molar-refractivity contribution in [2.45, 2.75) is 13.5 Å². The predicted octanol–water partition coefficient (Wildman–Crippen LogP) is 3.63. The van der Waals surface area contributed by atoms with Gasteiger partial charge in [-0.15, -0.1) is 0 Å². The van der Waals surface area contributed by atoms with E-state index >= 15 is 0 Å². The lowest BCUT2D eigenvalue weighted by molar-refractivity contribution is -0.119. The number of hydrogen-bond donors (Lipinski definition) is 4. The van der Waals surface area contributed by atoms with Gasteiger partial charge in [-0.1, -0.05) is 48.5 Å². The van der Waals surface area contributed by atoms with Crippen LogP contribution in [-0.2, 0) is 20.9 Å². The van der Waals surface area contributed by atoms with Crippen molar-refractivity contribution in [3.63, 3.8) is 0 Å². The van der Waals surface area contributed by atoms with Crippen molar-refractivity contribution < 1.29 is 19.1 Å². The van der Waals surface area contributed by atoms with Crippen molar-refractivity contribution in [2.75, 3.05) is 30.8 Å². The summed E-state index contributed by atoms with van der Waals surface area (Å²) in [4.78, 5) is 36.0. The minimum Gasteiger partial charge on any atom is -0.465 e. The molecule has 184 valence electrons. The average Bonchev–Trinajstić information content (AvgIpc) is 3.22. The van der Waals surface area contributed by atoms with Crippen LogP contribution in [0.15, 0.2) is 72.8 Å². The van der Waals surface area contributed by atoms with E-state index in [0.29, 0.717) is 47.7 Å². The number of methoxy groups -OCH3 is 1. The van der Waals surface area contributed by atoms with Crippen molar-refractivity contribution in [1.29, 1.82) is 0 Å². The Bertz CT molecular complexity index is 1300. The van der Waals surface area contributed by atoms with Crippen molar-refractivity contribution in [3.05, 3.63) is 95.1 Å². The molecule has 0 atom stereocenters. The van der Waals surface area contributed by atoms with Crippen LogP contribution in [0.2, 0.25) is 0 Å². The van der Waals surface area contributed by atoms with Crippen LogP contribution in [0.5, 0.6) is 0 Å². The summed E-state index contributed by atoms with van der Waals surface area (Å²) < 4.78 is 4.80. The molecule has 1 heterocycles. The van der Waals surface area contributed by atoms with Crippen LogP contribution in [0.25, 0.3) is 11.3 Å². The fourth-order valence-electron chi connectivity index (χ4n) is 3.96. The molecule has 36 heavy (non-hydrogen) atoms. The lowest BCUT2D eigenvalue weighted by atomic mass is 9.99. The molecular formula is C28H28N4O4. The summed E-state index contributed by atoms with van der Waals surface area (Å²) in [6.07, 6.45) is 0. The number of ether oxygens (including phenoxy) is 1. The molecule has 0 spiro atoms. The first kappa shape index (κ1) is 24.7. The first-order valence-corrected chi connectivity index (χ1v) is 11.6. The van der Waals surface area contributed by atoms with Gasteiger partial charge in [0.25, 0.3) is 5.91 Å². The molecule has 0 fully saturated rings. The highest BCUT2D eigenvalue weighted by atomic mass is 16.5. The van der Waals surface area contributed by atoms with Gasteiger partial charge in [0, 0.05) is 37.8 Å². The minimum atomic E-state index is -0.462. The van der Waals surface area contributed by atoms with E-state index in [2.05, 4.69) is 21.3 Å². The largest absolute Gasteiger partial charge is 0.465 e. The van der Waals surface area contributed by atoms with Crippen molar-refractivity contribution in [3.8, 4) is 0 Å². The molecule has 0 aromatic heterocycles. The van der Waals surface area contributed by atoms with Gasteiger partial charge in [-0.3, -0.25) is 9.59 Å². The van der Waals surface area contributed by atoms with Gasteiger partial charge in [-0.2, -0.15) is 0 Å². The molecule has 0 bridgehead atoms. The van der Waals surface area contributed by atoms with Gasteiger partial charge in [-0.25, -0.2) is 4.79 Å². The smallest absolute Gasteiger partial charge is 0.337 e. The van der Waals surface area contributed by atoms with Crippen molar-refractivity contribution in [1.82, 2.24) is 10.6 Å². The molecule has 8 nitrogen and oxygen atoms in total. The minimum absolute atomic E-state index is 0.0435. The lowest BCUT2D eigenvalue weighted by Crippen LogP contribution is -2.29. The first-order chi connectivity index (χ1) is 17.5. The molecule has 3 aromatic rings. The Morgan fingerprint density at radius 2 is 1.67 bits per heavy atom. The number of carbonyl (C=O) groups excluding carboxylic acids is 3. The first-order valence-electron chi connectivity index (χ1n) is 11.6. The van der Waals surface area contributed by atoms with Gasteiger partial charge >= 0.3 is 5.97 Å². The quantitative estimate of drug-likeness (QED) is 0.210. The fraction of sp³-hybridized carbons (Fsp3) is 0.179. The number of hydrogen-bond acceptors (Lipinski definition) is 6. The number of nitrogens with one attached hydrogen (secondary N) is 4. The maximum Gasteiger partial charge on any atom is 0.337 e. The summed E-state index contributed by atoms with van der Waals surface area (Å²) in [5, 5.41) is 12.4. The van der Waals surface area contributed by atoms with Crippen LogP contribution in [0, 0.1) is 0 Å². The molecule has 0 radical (unpaired) electrons. The summed E-state index contributed by atoms with van der Waals surface area (Å²) in [6.45, 7) is 3.42. The van der Waals surface area contributed by atoms with E-state index in [1.807, 2.05) is 54.6 Å². The Labute approximate surface area is 209 Å². The summed E-state index contributed by atoms with van der Waals surface area (Å²) in [5.41, 5.74) is 5.58. The molecule has 8 heteroatoms. The highest BCUT2D eigenvalue weighted by Crippen LogP contribution is 2.38. The maximum absolute atomic E-state index is 13.1. The van der Waals surface area contributed by atoms with Crippen LogP contribution >= 0.6 is 0 Å². The number of rotatable bonds is 9. The van der Waals surface area contributed by atoms with E-state index in [4.69, 9.17) is 4.74 Å². The third kappa shape index (κ3) is 5.79. The van der Waals surface area contributed by atoms with Gasteiger partial charge in [0.1, 0.15) is 0 Å². The van der Waals surface area contributed by atoms with Crippen LogP contribution in [-0.4, -0.2) is 38.0 Å². The molecular weight excluding hydrogens is 456 g/mol. The molecule has 1 aliphatic heterocycles. The summed E-state index contributed by atoms with van der Waals surface area (Å²) >= 11 is 0. The van der Waals surface area contributed by atoms with E-state index in [9.17, 15) is 14.4 Å². The summed E-state index contributed by atoms with van der Waals surface area (Å²) in [7, 11) is 1.32. The van der Waals surface area contributed by atoms with Gasteiger partial charge < -0.3 is 26.0 Å². The second kappa shape index (κ2) is 11.3. The Balaban J connectivity index is 1.59. The van der Waals surface area contributed by atoms with Crippen molar-refractivity contribution in [2.24, 2.45) is 0 Å². The Kier molecular flexibility index (Phi) is 7.77. The molecule has 4 rings (SSSR count). The number of anilines is 2. The monoisotopic (exact) mass is 484 g/mol. The van der Waals surface area contributed by atoms with Crippen molar-refractivity contribution >= 4 is 40.4 Å². The standard InChI is InChI=1S/C28H28N4O4/c1-18(33)30-15-14-29-17-19-8-11-22(12-9-19)31-26(20-6-4-3-5-7-20)25-23-13-10-21(28(35)36-2)16-24(23)32-27(25)34/h3-13,16,29,31H,14-15,17H2,1-2H3,(H,30,33)(H,32,34)/b26-25+. The number of carbonyl (C=O) groups is 3. The highest BCUT2D eigenvalue weighted by molar-refractivity contribution is 6.37. The number of esters is 1. The highest BCUT2D eigenvalue weighted by Gasteiger charge is 2.29. The molecule has 0 saturated heterocycles. The van der Waals surface area contributed by atoms with Gasteiger partial charge in [-0.05, 0) is 35.4 Å². The normalized spacial score (nSPS) is 13.4. The van der Waals surface area contributed by atoms with Crippen LogP contribution in [0.3, 0.4) is 0 Å². The third-order valence-corrected chi connectivity index (χ3v) is 5.73. The molecule has 0 aliphatic carbocycles. The maximum atomic E-state index is 13.1. The SMILES string of the molecule is COC(=O)c1ccc2c(c1)NC(=O)/C2=C(/Nc1ccc(CNCCNC(C)=O)cc1)c1ccccc1. The third-order valence-electron chi connectivity index (χ3n) is 5.73. The predicted molar refractivity (Wildman–Crippen MR) is 140 cm³/mol. The fourth-order valence-corrected chi connectivity index (χ4v) is 3.96. The zero-order valence-corrected chi connectivity index (χ0v) is 20.2. The van der Waals surface area contributed by atoms with E-state index in [1.54, 1.807) is 18.2 Å². The molecule has 2 amide bonds. The van der Waals surface area contributed by atoms with E-state index in [-0.39, 0.29) is 11.8 Å². The van der Waals surface area contributed by atoms with Gasteiger partial charge in [0.05, 0.1) is 29.6 Å². The Hall–Kier alpha value is -4.43. The van der Waals surface area contributed by atoms with E-state index in [1.165, 1.54) is 14.0 Å². The average molecular weight is 485 g/mol.